The Morgan fingerprint density at radius 2 is 1.70 bits per heavy atom. The van der Waals surface area contributed by atoms with Gasteiger partial charge in [0.15, 0.2) is 0 Å². The number of carbonyl (C=O) groups excluding carboxylic acids is 2. The number of hydrogen-bond acceptors (Lipinski definition) is 3. The molecule has 0 bridgehead atoms. The van der Waals surface area contributed by atoms with Gasteiger partial charge >= 0.3 is 5.97 Å². The second-order valence-corrected chi connectivity index (χ2v) is 6.27. The highest BCUT2D eigenvalue weighted by Crippen LogP contribution is 2.36. The van der Waals surface area contributed by atoms with Crippen molar-refractivity contribution in [1.29, 1.82) is 0 Å². The number of esters is 1. The number of nitrogens with zero attached hydrogens (tertiary/aromatic N) is 2. The Balaban J connectivity index is 2.09. The molecule has 3 aromatic rings. The van der Waals surface area contributed by atoms with Crippen LogP contribution in [0.1, 0.15) is 16.8 Å². The van der Waals surface area contributed by atoms with Gasteiger partial charge in [-0.15, -0.1) is 0 Å². The Labute approximate surface area is 156 Å². The van der Waals surface area contributed by atoms with Crippen LogP contribution in [0.2, 0.25) is 0 Å². The molecule has 0 N–H and O–H groups in total. The van der Waals surface area contributed by atoms with E-state index in [0.717, 1.165) is 27.7 Å². The lowest BCUT2D eigenvalue weighted by atomic mass is 10.1. The molecule has 4 rings (SSSR count). The van der Waals surface area contributed by atoms with Crippen LogP contribution in [0, 0.1) is 0 Å². The Hall–Kier alpha value is -3.60. The van der Waals surface area contributed by atoms with Crippen LogP contribution in [0.15, 0.2) is 60.3 Å². The molecule has 0 saturated carbocycles. The van der Waals surface area contributed by atoms with Gasteiger partial charge in [0.25, 0.3) is 0 Å². The quantitative estimate of drug-likeness (QED) is 0.530. The fourth-order valence-electron chi connectivity index (χ4n) is 3.51. The van der Waals surface area contributed by atoms with Gasteiger partial charge in [-0.25, -0.2) is 4.79 Å². The van der Waals surface area contributed by atoms with Gasteiger partial charge in [-0.2, -0.15) is 0 Å². The molecule has 134 valence electrons. The molecular weight excluding hydrogens is 340 g/mol. The first-order chi connectivity index (χ1) is 13.2. The highest BCUT2D eigenvalue weighted by atomic mass is 16.5. The number of carbonyl (C=O) groups is 2. The van der Waals surface area contributed by atoms with E-state index in [2.05, 4.69) is 0 Å². The molecule has 0 fully saturated rings. The van der Waals surface area contributed by atoms with Crippen molar-refractivity contribution >= 4 is 41.1 Å². The minimum atomic E-state index is -0.568. The van der Waals surface area contributed by atoms with E-state index in [4.69, 9.17) is 4.74 Å². The predicted octanol–water partition coefficient (Wildman–Crippen LogP) is 3.66. The molecule has 27 heavy (non-hydrogen) atoms. The summed E-state index contributed by atoms with van der Waals surface area (Å²) < 4.78 is 6.96. The second kappa shape index (κ2) is 6.61. The monoisotopic (exact) mass is 358 g/mol. The molecule has 1 amide bonds. The van der Waals surface area contributed by atoms with Crippen molar-refractivity contribution in [2.45, 2.75) is 0 Å². The third-order valence-electron chi connectivity index (χ3n) is 4.84. The highest BCUT2D eigenvalue weighted by Gasteiger charge is 2.27. The molecule has 2 aromatic carbocycles. The maximum atomic E-state index is 12.5. The first-order valence-electron chi connectivity index (χ1n) is 8.54. The summed E-state index contributed by atoms with van der Waals surface area (Å²) in [6, 6.07) is 17.6. The van der Waals surface area contributed by atoms with Crippen LogP contribution in [-0.2, 0) is 21.4 Å². The largest absolute Gasteiger partial charge is 0.464 e. The smallest absolute Gasteiger partial charge is 0.355 e. The van der Waals surface area contributed by atoms with Gasteiger partial charge in [-0.05, 0) is 23.8 Å². The summed E-state index contributed by atoms with van der Waals surface area (Å²) in [4.78, 5) is 25.8. The van der Waals surface area contributed by atoms with Gasteiger partial charge in [-0.3, -0.25) is 9.69 Å². The van der Waals surface area contributed by atoms with Crippen molar-refractivity contribution in [2.75, 3.05) is 7.11 Å². The summed E-state index contributed by atoms with van der Waals surface area (Å²) in [5.41, 5.74) is 4.48. The van der Waals surface area contributed by atoms with Crippen molar-refractivity contribution in [3.8, 4) is 0 Å². The molecule has 0 saturated heterocycles. The highest BCUT2D eigenvalue weighted by molar-refractivity contribution is 6.07. The molecule has 0 aliphatic carbocycles. The number of para-hydroxylation sites is 1. The zero-order chi connectivity index (χ0) is 19.0. The number of amides is 1. The number of aromatic nitrogens is 1. The first-order valence-corrected chi connectivity index (χ1v) is 8.54. The van der Waals surface area contributed by atoms with Crippen LogP contribution in [0.3, 0.4) is 0 Å². The maximum Gasteiger partial charge on any atom is 0.355 e. The second-order valence-electron chi connectivity index (χ2n) is 6.27. The van der Waals surface area contributed by atoms with Crippen molar-refractivity contribution < 1.29 is 14.3 Å². The lowest BCUT2D eigenvalue weighted by Crippen LogP contribution is -2.25. The van der Waals surface area contributed by atoms with Gasteiger partial charge < -0.3 is 9.30 Å². The average molecular weight is 358 g/mol. The lowest BCUT2D eigenvalue weighted by molar-refractivity contribution is -0.138. The number of hydrogen-bond donors (Lipinski definition) is 0. The van der Waals surface area contributed by atoms with Crippen LogP contribution in [-0.4, -0.2) is 29.0 Å². The molecule has 1 aliphatic rings. The molecule has 5 heteroatoms. The molecule has 1 aliphatic heterocycles. The van der Waals surface area contributed by atoms with Crippen LogP contribution in [0.5, 0.6) is 0 Å². The molecule has 0 atom stereocenters. The summed E-state index contributed by atoms with van der Waals surface area (Å²) in [5.74, 6) is -0.568. The Morgan fingerprint density at radius 1 is 1.00 bits per heavy atom. The van der Waals surface area contributed by atoms with Gasteiger partial charge in [0.2, 0.25) is 6.41 Å². The summed E-state index contributed by atoms with van der Waals surface area (Å²) in [7, 11) is 3.25. The maximum absolute atomic E-state index is 12.5. The zero-order valence-electron chi connectivity index (χ0n) is 15.0. The third-order valence-corrected chi connectivity index (χ3v) is 4.84. The van der Waals surface area contributed by atoms with Crippen LogP contribution < -0.4 is 0 Å². The number of ether oxygens (including phenoxy) is 1. The number of fused-ring (bicyclic) bond motifs is 3. The fourth-order valence-corrected chi connectivity index (χ4v) is 3.51. The summed E-state index contributed by atoms with van der Waals surface area (Å²) in [6.45, 7) is 0. The van der Waals surface area contributed by atoms with E-state index >= 15 is 0 Å². The molecule has 0 spiro atoms. The number of rotatable bonds is 3. The number of aryl methyl sites for hydroxylation is 1. The molecule has 2 heterocycles. The first kappa shape index (κ1) is 16.8. The summed E-state index contributed by atoms with van der Waals surface area (Å²) in [5, 5.41) is 1.05. The van der Waals surface area contributed by atoms with Crippen molar-refractivity contribution in [2.24, 2.45) is 7.05 Å². The number of benzene rings is 2. The van der Waals surface area contributed by atoms with E-state index in [0.29, 0.717) is 12.1 Å². The topological polar surface area (TPSA) is 51.5 Å². The van der Waals surface area contributed by atoms with Gasteiger partial charge in [0.05, 0.1) is 18.5 Å². The molecule has 0 unspecified atom stereocenters. The molecule has 0 radical (unpaired) electrons. The summed E-state index contributed by atoms with van der Waals surface area (Å²) in [6.07, 6.45) is 4.31. The van der Waals surface area contributed by atoms with E-state index in [1.165, 1.54) is 12.0 Å². The van der Waals surface area contributed by atoms with Crippen LogP contribution in [0.4, 0.5) is 0 Å². The molecule has 1 aromatic heterocycles. The Bertz CT molecular complexity index is 1110. The van der Waals surface area contributed by atoms with E-state index in [-0.39, 0.29) is 5.70 Å². The van der Waals surface area contributed by atoms with Crippen molar-refractivity contribution in [3.05, 3.63) is 77.1 Å². The molecule has 5 nitrogen and oxygen atoms in total. The standard InChI is InChI=1S/C22H18N2O3/c1-23-18-11-7-6-10-16(18)17-12-19(15-8-4-3-5-9-15)24(14-25)21(13-20(17)23)22(26)27-2/h3-14H,1-2H3. The zero-order valence-corrected chi connectivity index (χ0v) is 15.0. The minimum Gasteiger partial charge on any atom is -0.464 e. The van der Waals surface area contributed by atoms with Crippen molar-refractivity contribution in [3.63, 3.8) is 0 Å². The van der Waals surface area contributed by atoms with Gasteiger partial charge in [0.1, 0.15) is 5.70 Å². The fraction of sp³-hybridized carbons (Fsp3) is 0.0909. The van der Waals surface area contributed by atoms with Crippen molar-refractivity contribution in [1.82, 2.24) is 9.47 Å². The Morgan fingerprint density at radius 3 is 2.41 bits per heavy atom. The summed E-state index contributed by atoms with van der Waals surface area (Å²) >= 11 is 0. The van der Waals surface area contributed by atoms with Crippen LogP contribution in [0.25, 0.3) is 28.8 Å². The van der Waals surface area contributed by atoms with E-state index in [1.54, 1.807) is 6.08 Å². The third kappa shape index (κ3) is 2.64. The lowest BCUT2D eigenvalue weighted by Gasteiger charge is -2.21. The van der Waals surface area contributed by atoms with E-state index in [9.17, 15) is 9.59 Å². The van der Waals surface area contributed by atoms with Gasteiger partial charge in [0, 0.05) is 23.5 Å². The van der Waals surface area contributed by atoms with Gasteiger partial charge in [-0.1, -0.05) is 48.5 Å². The Kier molecular flexibility index (Phi) is 4.12. The predicted molar refractivity (Wildman–Crippen MR) is 105 cm³/mol. The van der Waals surface area contributed by atoms with E-state index < -0.39 is 5.97 Å². The SMILES string of the molecule is COC(=O)C1=Cc2c(c3ccccc3n2C)C=C(c2ccccc2)N1C=O. The molecular formula is C22H18N2O3. The minimum absolute atomic E-state index is 0.173. The van der Waals surface area contributed by atoms with Crippen LogP contribution >= 0.6 is 0 Å². The normalized spacial score (nSPS) is 13.5. The van der Waals surface area contributed by atoms with E-state index in [1.807, 2.05) is 72.3 Å². The number of methoxy groups -OCH3 is 1. The average Bonchev–Trinajstić information content (AvgIpc) is 2.88.